The summed E-state index contributed by atoms with van der Waals surface area (Å²) in [6, 6.07) is 5.31. The van der Waals surface area contributed by atoms with Crippen molar-refractivity contribution in [3.05, 3.63) is 30.0 Å². The maximum Gasteiger partial charge on any atom is 0.163 e. The van der Waals surface area contributed by atoms with Gasteiger partial charge in [0.2, 0.25) is 0 Å². The Morgan fingerprint density at radius 1 is 1.30 bits per heavy atom. The van der Waals surface area contributed by atoms with Gasteiger partial charge in [0.05, 0.1) is 26.7 Å². The summed E-state index contributed by atoms with van der Waals surface area (Å²) in [6.07, 6.45) is 2.73. The first-order chi connectivity index (χ1) is 9.40. The molecule has 0 aliphatic heterocycles. The lowest BCUT2D eigenvalue weighted by Gasteiger charge is -2.23. The quantitative estimate of drug-likeness (QED) is 0.775. The van der Waals surface area contributed by atoms with Crippen LogP contribution >= 0.6 is 0 Å². The van der Waals surface area contributed by atoms with Crippen molar-refractivity contribution in [2.45, 2.75) is 6.42 Å². The Morgan fingerprint density at radius 3 is 2.70 bits per heavy atom. The summed E-state index contributed by atoms with van der Waals surface area (Å²) in [5, 5.41) is 10.6. The van der Waals surface area contributed by atoms with E-state index in [4.69, 9.17) is 10.6 Å². The first-order valence-electron chi connectivity index (χ1n) is 6.87. The molecule has 0 saturated heterocycles. The highest BCUT2D eigenvalue weighted by molar-refractivity contribution is 5.85. The van der Waals surface area contributed by atoms with Gasteiger partial charge in [-0.3, -0.25) is 0 Å². The summed E-state index contributed by atoms with van der Waals surface area (Å²) in [7, 11) is 6.40. The molecular weight excluding hydrogens is 254 g/mol. The van der Waals surface area contributed by atoms with Crippen molar-refractivity contribution >= 4 is 10.9 Å². The smallest absolute Gasteiger partial charge is 0.163 e. The van der Waals surface area contributed by atoms with Crippen LogP contribution in [0.15, 0.2) is 24.4 Å². The number of hydrogen-bond donors (Lipinski definition) is 2. The number of fused-ring (bicyclic) bond motifs is 1. The maximum atomic E-state index is 9.63. The maximum absolute atomic E-state index is 9.63. The van der Waals surface area contributed by atoms with Gasteiger partial charge < -0.3 is 20.2 Å². The normalized spacial score (nSPS) is 12.0. The number of nitrogens with two attached hydrogens (primary N) is 1. The van der Waals surface area contributed by atoms with Gasteiger partial charge in [-0.15, -0.1) is 0 Å². The predicted molar refractivity (Wildman–Crippen MR) is 80.7 cm³/mol. The number of hydrogen-bond acceptors (Lipinski definition) is 3. The number of aromatic nitrogens is 1. The summed E-state index contributed by atoms with van der Waals surface area (Å²) in [5.41, 5.74) is 7.71. The van der Waals surface area contributed by atoms with E-state index >= 15 is 0 Å². The first-order valence-corrected chi connectivity index (χ1v) is 6.87. The van der Waals surface area contributed by atoms with Crippen LogP contribution < -0.4 is 10.6 Å². The van der Waals surface area contributed by atoms with Crippen LogP contribution in [-0.2, 0) is 6.42 Å². The number of phenols is 1. The number of phenolic OH excluding ortho intramolecular Hbond substituents is 1. The third-order valence-corrected chi connectivity index (χ3v) is 3.24. The van der Waals surface area contributed by atoms with E-state index in [1.807, 2.05) is 12.3 Å². The highest BCUT2D eigenvalue weighted by Crippen LogP contribution is 2.25. The van der Waals surface area contributed by atoms with Crippen LogP contribution in [0.3, 0.4) is 0 Å². The van der Waals surface area contributed by atoms with Gasteiger partial charge in [-0.2, -0.15) is 4.73 Å². The largest absolute Gasteiger partial charge is 0.508 e. The van der Waals surface area contributed by atoms with Gasteiger partial charge in [-0.25, -0.2) is 0 Å². The van der Waals surface area contributed by atoms with Crippen molar-refractivity contribution in [2.24, 2.45) is 5.73 Å². The van der Waals surface area contributed by atoms with Crippen LogP contribution in [0.4, 0.5) is 0 Å². The molecule has 5 heteroatoms. The van der Waals surface area contributed by atoms with Crippen molar-refractivity contribution in [1.29, 1.82) is 0 Å². The number of aromatic hydroxyl groups is 1. The highest BCUT2D eigenvalue weighted by atomic mass is 16.7. The molecule has 0 unspecified atom stereocenters. The zero-order chi connectivity index (χ0) is 14.8. The standard InChI is InChI=1S/C15H23N3O2/c1-18(2,3)8-9-20-17-11-12(6-7-16)14-10-13(19)4-5-15(14)17/h4-5,10-11H,6-9,16H2,1-3H3/p+1. The fraction of sp³-hybridized carbons (Fsp3) is 0.467. The van der Waals surface area contributed by atoms with Crippen molar-refractivity contribution in [1.82, 2.24) is 4.73 Å². The van der Waals surface area contributed by atoms with Gasteiger partial charge in [0.25, 0.3) is 0 Å². The Kier molecular flexibility index (Phi) is 4.20. The summed E-state index contributed by atoms with van der Waals surface area (Å²) in [6.45, 7) is 2.13. The zero-order valence-corrected chi connectivity index (χ0v) is 12.5. The Bertz CT molecular complexity index is 585. The fourth-order valence-corrected chi connectivity index (χ4v) is 2.13. The number of rotatable bonds is 6. The van der Waals surface area contributed by atoms with Crippen molar-refractivity contribution in [3.8, 4) is 5.75 Å². The van der Waals surface area contributed by atoms with Crippen LogP contribution in [0.25, 0.3) is 10.9 Å². The molecule has 3 N–H and O–H groups in total. The van der Waals surface area contributed by atoms with Gasteiger partial charge in [-0.1, -0.05) is 0 Å². The Hall–Kier alpha value is -1.72. The van der Waals surface area contributed by atoms with E-state index in [0.717, 1.165) is 33.9 Å². The molecule has 5 nitrogen and oxygen atoms in total. The Labute approximate surface area is 119 Å². The van der Waals surface area contributed by atoms with Crippen LogP contribution in [-0.4, -0.2) is 55.2 Å². The second-order valence-electron chi connectivity index (χ2n) is 6.07. The number of likely N-dealkylation sites (N-methyl/N-ethyl adjacent to an activating group) is 1. The molecule has 0 bridgehead atoms. The molecular formula is C15H24N3O2+. The third kappa shape index (κ3) is 3.43. The average Bonchev–Trinajstić information content (AvgIpc) is 2.66. The summed E-state index contributed by atoms with van der Waals surface area (Å²) in [5.74, 6) is 0.264. The zero-order valence-electron chi connectivity index (χ0n) is 12.5. The molecule has 0 spiro atoms. The van der Waals surface area contributed by atoms with Crippen LogP contribution in [0, 0.1) is 0 Å². The number of quaternary nitrogens is 1. The monoisotopic (exact) mass is 278 g/mol. The average molecular weight is 278 g/mol. The van der Waals surface area contributed by atoms with Gasteiger partial charge in [-0.05, 0) is 36.7 Å². The van der Waals surface area contributed by atoms with Crippen molar-refractivity contribution in [3.63, 3.8) is 0 Å². The van der Waals surface area contributed by atoms with E-state index in [1.54, 1.807) is 16.9 Å². The molecule has 2 aromatic rings. The molecule has 20 heavy (non-hydrogen) atoms. The first kappa shape index (κ1) is 14.7. The minimum atomic E-state index is 0.264. The van der Waals surface area contributed by atoms with Gasteiger partial charge in [0, 0.05) is 11.6 Å². The molecule has 0 aliphatic rings. The number of benzene rings is 1. The fourth-order valence-electron chi connectivity index (χ4n) is 2.13. The minimum Gasteiger partial charge on any atom is -0.508 e. The summed E-state index contributed by atoms with van der Waals surface area (Å²) >= 11 is 0. The van der Waals surface area contributed by atoms with Crippen molar-refractivity contribution in [2.75, 3.05) is 40.8 Å². The van der Waals surface area contributed by atoms with Gasteiger partial charge in [0.1, 0.15) is 12.3 Å². The van der Waals surface area contributed by atoms with Gasteiger partial charge >= 0.3 is 0 Å². The molecule has 0 saturated carbocycles. The Morgan fingerprint density at radius 2 is 2.05 bits per heavy atom. The molecule has 1 aromatic heterocycles. The molecule has 0 radical (unpaired) electrons. The predicted octanol–water partition coefficient (Wildman–Crippen LogP) is 0.983. The van der Waals surface area contributed by atoms with E-state index in [-0.39, 0.29) is 5.75 Å². The lowest BCUT2D eigenvalue weighted by molar-refractivity contribution is -0.870. The van der Waals surface area contributed by atoms with Crippen LogP contribution in [0.5, 0.6) is 5.75 Å². The third-order valence-electron chi connectivity index (χ3n) is 3.24. The highest BCUT2D eigenvalue weighted by Gasteiger charge is 2.11. The van der Waals surface area contributed by atoms with E-state index in [0.29, 0.717) is 13.2 Å². The molecule has 0 aliphatic carbocycles. The Balaban J connectivity index is 2.24. The molecule has 0 fully saturated rings. The second-order valence-corrected chi connectivity index (χ2v) is 6.07. The van der Waals surface area contributed by atoms with E-state index in [1.165, 1.54) is 0 Å². The number of nitrogens with zero attached hydrogens (tertiary/aromatic N) is 2. The van der Waals surface area contributed by atoms with E-state index < -0.39 is 0 Å². The van der Waals surface area contributed by atoms with Crippen LogP contribution in [0.2, 0.25) is 0 Å². The minimum absolute atomic E-state index is 0.264. The van der Waals surface area contributed by atoms with Crippen LogP contribution in [0.1, 0.15) is 5.56 Å². The SMILES string of the molecule is C[N+](C)(C)CCOn1cc(CCN)c2cc(O)ccc21. The molecule has 110 valence electrons. The summed E-state index contributed by atoms with van der Waals surface area (Å²) < 4.78 is 2.64. The molecule has 1 aromatic carbocycles. The summed E-state index contributed by atoms with van der Waals surface area (Å²) in [4.78, 5) is 5.84. The van der Waals surface area contributed by atoms with Crippen molar-refractivity contribution < 1.29 is 14.4 Å². The molecule has 2 rings (SSSR count). The molecule has 0 amide bonds. The molecule has 0 atom stereocenters. The van der Waals surface area contributed by atoms with Gasteiger partial charge in [0.15, 0.2) is 6.61 Å². The lowest BCUT2D eigenvalue weighted by Crippen LogP contribution is -2.39. The van der Waals surface area contributed by atoms with E-state index in [9.17, 15) is 5.11 Å². The lowest BCUT2D eigenvalue weighted by atomic mass is 10.1. The second kappa shape index (κ2) is 5.73. The van der Waals surface area contributed by atoms with E-state index in [2.05, 4.69) is 21.1 Å². The molecule has 1 heterocycles. The topological polar surface area (TPSA) is 60.4 Å².